The summed E-state index contributed by atoms with van der Waals surface area (Å²) in [7, 11) is 1.51. The molecule has 0 aliphatic carbocycles. The molecule has 0 aliphatic rings. The SMILES string of the molecule is COc1cc(C)c(Cl)cc1C(C)C(=O)O. The van der Waals surface area contributed by atoms with Crippen LogP contribution in [0.1, 0.15) is 24.0 Å². The summed E-state index contributed by atoms with van der Waals surface area (Å²) in [5.41, 5.74) is 1.47. The highest BCUT2D eigenvalue weighted by Crippen LogP contribution is 2.31. The number of hydrogen-bond donors (Lipinski definition) is 1. The van der Waals surface area contributed by atoms with Crippen molar-refractivity contribution in [1.82, 2.24) is 0 Å². The van der Waals surface area contributed by atoms with Crippen molar-refractivity contribution < 1.29 is 14.6 Å². The summed E-state index contributed by atoms with van der Waals surface area (Å²) < 4.78 is 5.13. The Hall–Kier alpha value is -1.22. The Kier molecular flexibility index (Phi) is 3.58. The Morgan fingerprint density at radius 1 is 1.53 bits per heavy atom. The molecule has 3 nitrogen and oxygen atoms in total. The minimum absolute atomic E-state index is 0.555. The van der Waals surface area contributed by atoms with Crippen molar-refractivity contribution >= 4 is 17.6 Å². The third-order valence-electron chi connectivity index (χ3n) is 2.35. The maximum atomic E-state index is 10.9. The first-order valence-electron chi connectivity index (χ1n) is 4.54. The standard InChI is InChI=1S/C11H13ClO3/c1-6-4-10(15-3)8(5-9(6)12)7(2)11(13)14/h4-5,7H,1-3H3,(H,13,14). The second kappa shape index (κ2) is 4.53. The third kappa shape index (κ3) is 2.42. The Bertz CT molecular complexity index is 388. The number of rotatable bonds is 3. The van der Waals surface area contributed by atoms with Gasteiger partial charge in [0, 0.05) is 10.6 Å². The van der Waals surface area contributed by atoms with Crippen molar-refractivity contribution in [2.24, 2.45) is 0 Å². The first kappa shape index (κ1) is 11.9. The van der Waals surface area contributed by atoms with E-state index in [0.717, 1.165) is 5.56 Å². The maximum absolute atomic E-state index is 10.9. The third-order valence-corrected chi connectivity index (χ3v) is 2.76. The molecule has 1 unspecified atom stereocenters. The van der Waals surface area contributed by atoms with Crippen molar-refractivity contribution in [3.8, 4) is 5.75 Å². The summed E-state index contributed by atoms with van der Waals surface area (Å²) >= 11 is 5.94. The van der Waals surface area contributed by atoms with E-state index in [9.17, 15) is 4.79 Å². The summed E-state index contributed by atoms with van der Waals surface area (Å²) in [6.45, 7) is 3.45. The molecular weight excluding hydrogens is 216 g/mol. The van der Waals surface area contributed by atoms with Gasteiger partial charge in [0.05, 0.1) is 13.0 Å². The minimum atomic E-state index is -0.895. The second-order valence-electron chi connectivity index (χ2n) is 3.40. The van der Waals surface area contributed by atoms with Crippen LogP contribution in [0.25, 0.3) is 0 Å². The number of carboxylic acids is 1. The van der Waals surface area contributed by atoms with Crippen LogP contribution in [0.2, 0.25) is 5.02 Å². The van der Waals surface area contributed by atoms with Gasteiger partial charge in [0.2, 0.25) is 0 Å². The predicted octanol–water partition coefficient (Wildman–Crippen LogP) is 2.85. The van der Waals surface area contributed by atoms with Crippen LogP contribution in [0.15, 0.2) is 12.1 Å². The van der Waals surface area contributed by atoms with Crippen LogP contribution in [0.4, 0.5) is 0 Å². The number of carbonyl (C=O) groups is 1. The number of carboxylic acid groups (broad SMARTS) is 1. The molecule has 0 spiro atoms. The summed E-state index contributed by atoms with van der Waals surface area (Å²) in [5.74, 6) is -0.960. The largest absolute Gasteiger partial charge is 0.496 e. The molecule has 1 aromatic carbocycles. The van der Waals surface area contributed by atoms with Crippen molar-refractivity contribution in [2.45, 2.75) is 19.8 Å². The molecule has 0 heterocycles. The van der Waals surface area contributed by atoms with Gasteiger partial charge in [-0.3, -0.25) is 4.79 Å². The highest BCUT2D eigenvalue weighted by atomic mass is 35.5. The summed E-state index contributed by atoms with van der Waals surface area (Å²) in [5, 5.41) is 9.47. The minimum Gasteiger partial charge on any atom is -0.496 e. The first-order valence-corrected chi connectivity index (χ1v) is 4.92. The van der Waals surface area contributed by atoms with Crippen molar-refractivity contribution in [3.63, 3.8) is 0 Å². The van der Waals surface area contributed by atoms with Crippen LogP contribution >= 0.6 is 11.6 Å². The van der Waals surface area contributed by atoms with E-state index in [2.05, 4.69) is 0 Å². The summed E-state index contributed by atoms with van der Waals surface area (Å²) in [4.78, 5) is 10.9. The molecule has 0 amide bonds. The number of benzene rings is 1. The molecule has 0 bridgehead atoms. The molecule has 0 aromatic heterocycles. The molecule has 1 rings (SSSR count). The van der Waals surface area contributed by atoms with Crippen LogP contribution < -0.4 is 4.74 Å². The number of ether oxygens (including phenoxy) is 1. The molecule has 82 valence electrons. The quantitative estimate of drug-likeness (QED) is 0.865. The van der Waals surface area contributed by atoms with E-state index in [1.165, 1.54) is 7.11 Å². The van der Waals surface area contributed by atoms with Crippen molar-refractivity contribution in [1.29, 1.82) is 0 Å². The molecule has 0 fully saturated rings. The van der Waals surface area contributed by atoms with E-state index in [-0.39, 0.29) is 0 Å². The van der Waals surface area contributed by atoms with E-state index < -0.39 is 11.9 Å². The van der Waals surface area contributed by atoms with E-state index in [1.54, 1.807) is 19.1 Å². The molecule has 0 saturated carbocycles. The second-order valence-corrected chi connectivity index (χ2v) is 3.81. The molecule has 4 heteroatoms. The van der Waals surface area contributed by atoms with E-state index in [1.807, 2.05) is 6.92 Å². The Balaban J connectivity index is 3.27. The van der Waals surface area contributed by atoms with Crippen molar-refractivity contribution in [3.05, 3.63) is 28.3 Å². The monoisotopic (exact) mass is 228 g/mol. The van der Waals surface area contributed by atoms with Gasteiger partial charge in [0.1, 0.15) is 5.75 Å². The molecule has 1 aromatic rings. The van der Waals surface area contributed by atoms with Crippen LogP contribution in [0, 0.1) is 6.92 Å². The van der Waals surface area contributed by atoms with Gasteiger partial charge in [-0.1, -0.05) is 11.6 Å². The smallest absolute Gasteiger partial charge is 0.310 e. The summed E-state index contributed by atoms with van der Waals surface area (Å²) in [6, 6.07) is 3.39. The lowest BCUT2D eigenvalue weighted by Crippen LogP contribution is -2.09. The Labute approximate surface area is 93.6 Å². The van der Waals surface area contributed by atoms with Gasteiger partial charge in [-0.05, 0) is 31.5 Å². The zero-order valence-electron chi connectivity index (χ0n) is 8.87. The number of aliphatic carboxylic acids is 1. The molecule has 0 saturated heterocycles. The normalized spacial score (nSPS) is 12.3. The van der Waals surface area contributed by atoms with Crippen LogP contribution in [-0.2, 0) is 4.79 Å². The van der Waals surface area contributed by atoms with E-state index in [4.69, 9.17) is 21.4 Å². The van der Waals surface area contributed by atoms with Gasteiger partial charge >= 0.3 is 5.97 Å². The first-order chi connectivity index (χ1) is 6.97. The Morgan fingerprint density at radius 2 is 2.13 bits per heavy atom. The fourth-order valence-corrected chi connectivity index (χ4v) is 1.49. The lowest BCUT2D eigenvalue weighted by molar-refractivity contribution is -0.138. The highest BCUT2D eigenvalue weighted by Gasteiger charge is 2.19. The average Bonchev–Trinajstić information content (AvgIpc) is 2.20. The molecule has 15 heavy (non-hydrogen) atoms. The highest BCUT2D eigenvalue weighted by molar-refractivity contribution is 6.31. The van der Waals surface area contributed by atoms with Gasteiger partial charge in [0.25, 0.3) is 0 Å². The molecule has 1 N–H and O–H groups in total. The maximum Gasteiger partial charge on any atom is 0.310 e. The number of methoxy groups -OCH3 is 1. The topological polar surface area (TPSA) is 46.5 Å². The lowest BCUT2D eigenvalue weighted by atomic mass is 9.99. The Morgan fingerprint density at radius 3 is 2.60 bits per heavy atom. The van der Waals surface area contributed by atoms with Crippen molar-refractivity contribution in [2.75, 3.05) is 7.11 Å². The molecule has 0 radical (unpaired) electrons. The fourth-order valence-electron chi connectivity index (χ4n) is 1.32. The summed E-state index contributed by atoms with van der Waals surface area (Å²) in [6.07, 6.45) is 0. The van der Waals surface area contributed by atoms with Gasteiger partial charge in [-0.15, -0.1) is 0 Å². The number of aryl methyl sites for hydroxylation is 1. The molecule has 1 atom stereocenters. The molecule has 0 aliphatic heterocycles. The molecular formula is C11H13ClO3. The van der Waals surface area contributed by atoms with Crippen LogP contribution in [-0.4, -0.2) is 18.2 Å². The van der Waals surface area contributed by atoms with Gasteiger partial charge in [-0.25, -0.2) is 0 Å². The zero-order valence-corrected chi connectivity index (χ0v) is 9.63. The predicted molar refractivity (Wildman–Crippen MR) is 58.8 cm³/mol. The average molecular weight is 229 g/mol. The lowest BCUT2D eigenvalue weighted by Gasteiger charge is -2.13. The number of halogens is 1. The number of hydrogen-bond acceptors (Lipinski definition) is 2. The van der Waals surface area contributed by atoms with E-state index in [0.29, 0.717) is 16.3 Å². The van der Waals surface area contributed by atoms with Gasteiger partial charge in [0.15, 0.2) is 0 Å². The zero-order chi connectivity index (χ0) is 11.6. The van der Waals surface area contributed by atoms with Gasteiger partial charge in [-0.2, -0.15) is 0 Å². The van der Waals surface area contributed by atoms with E-state index >= 15 is 0 Å². The van der Waals surface area contributed by atoms with Crippen LogP contribution in [0.5, 0.6) is 5.75 Å². The van der Waals surface area contributed by atoms with Gasteiger partial charge < -0.3 is 9.84 Å². The fraction of sp³-hybridized carbons (Fsp3) is 0.364. The van der Waals surface area contributed by atoms with Crippen LogP contribution in [0.3, 0.4) is 0 Å².